The Hall–Kier alpha value is -2.42. The first kappa shape index (κ1) is 18.4. The predicted octanol–water partition coefficient (Wildman–Crippen LogP) is -0.150. The zero-order valence-corrected chi connectivity index (χ0v) is 15.6. The summed E-state index contributed by atoms with van der Waals surface area (Å²) in [6, 6.07) is 0. The summed E-state index contributed by atoms with van der Waals surface area (Å²) in [5.41, 5.74) is -0.0304. The fourth-order valence-electron chi connectivity index (χ4n) is 3.51. The fraction of sp³-hybridized carbons (Fsp3) is 0.647. The van der Waals surface area contributed by atoms with Crippen molar-refractivity contribution in [2.45, 2.75) is 45.4 Å². The second-order valence-corrected chi connectivity index (χ2v) is 6.98. The van der Waals surface area contributed by atoms with Gasteiger partial charge < -0.3 is 14.2 Å². The molecule has 0 spiro atoms. The summed E-state index contributed by atoms with van der Waals surface area (Å²) < 4.78 is 9.80. The number of aryl methyl sites for hydroxylation is 2. The maximum Gasteiger partial charge on any atom is 0.332 e. The molecule has 0 saturated carbocycles. The minimum absolute atomic E-state index is 0.0459. The van der Waals surface area contributed by atoms with Gasteiger partial charge in [-0.1, -0.05) is 0 Å². The van der Waals surface area contributed by atoms with Crippen molar-refractivity contribution in [1.82, 2.24) is 23.6 Å². The van der Waals surface area contributed by atoms with Gasteiger partial charge in [-0.25, -0.2) is 9.78 Å². The monoisotopic (exact) mass is 363 g/mol. The highest BCUT2D eigenvalue weighted by molar-refractivity contribution is 5.76. The quantitative estimate of drug-likeness (QED) is 0.753. The summed E-state index contributed by atoms with van der Waals surface area (Å²) in [6.07, 6.45) is 2.63. The first-order valence-corrected chi connectivity index (χ1v) is 8.83. The van der Waals surface area contributed by atoms with E-state index in [2.05, 4.69) is 4.98 Å². The smallest absolute Gasteiger partial charge is 0.332 e. The molecule has 1 fully saturated rings. The number of hydrogen-bond donors (Lipinski definition) is 0. The van der Waals surface area contributed by atoms with E-state index in [1.165, 1.54) is 11.6 Å². The van der Waals surface area contributed by atoms with Gasteiger partial charge in [-0.15, -0.1) is 0 Å². The van der Waals surface area contributed by atoms with Gasteiger partial charge in [0.25, 0.3) is 5.56 Å². The van der Waals surface area contributed by atoms with Crippen LogP contribution < -0.4 is 11.2 Å². The van der Waals surface area contributed by atoms with Gasteiger partial charge in [-0.05, 0) is 20.3 Å². The van der Waals surface area contributed by atoms with Crippen LogP contribution >= 0.6 is 0 Å². The molecule has 2 aromatic rings. The maximum atomic E-state index is 12.4. The number of ether oxygens (including phenoxy) is 1. The van der Waals surface area contributed by atoms with Crippen LogP contribution in [0.25, 0.3) is 11.2 Å². The molecule has 0 bridgehead atoms. The molecular formula is C17H25N5O4. The molecule has 1 aliphatic rings. The Morgan fingerprint density at radius 2 is 1.85 bits per heavy atom. The van der Waals surface area contributed by atoms with E-state index in [0.29, 0.717) is 43.6 Å². The molecule has 0 aliphatic carbocycles. The third-order valence-electron chi connectivity index (χ3n) is 4.78. The number of aromatic nitrogens is 4. The SMILES string of the molecule is C[C@@H]1CN(C(=O)CCCn2cnc3c2c(=O)n(C)c(=O)n3C)C[C@@H](C)O1. The molecule has 0 unspecified atom stereocenters. The summed E-state index contributed by atoms with van der Waals surface area (Å²) >= 11 is 0. The molecule has 1 amide bonds. The van der Waals surface area contributed by atoms with Gasteiger partial charge >= 0.3 is 5.69 Å². The van der Waals surface area contributed by atoms with Gasteiger partial charge in [0.05, 0.1) is 18.5 Å². The van der Waals surface area contributed by atoms with Crippen molar-refractivity contribution in [3.8, 4) is 0 Å². The minimum Gasteiger partial charge on any atom is -0.372 e. The highest BCUT2D eigenvalue weighted by Gasteiger charge is 2.25. The lowest BCUT2D eigenvalue weighted by molar-refractivity contribution is -0.143. The highest BCUT2D eigenvalue weighted by Crippen LogP contribution is 2.13. The fourth-order valence-corrected chi connectivity index (χ4v) is 3.51. The minimum atomic E-state index is -0.404. The Labute approximate surface area is 150 Å². The summed E-state index contributed by atoms with van der Waals surface area (Å²) in [6.45, 7) is 5.64. The van der Waals surface area contributed by atoms with Crippen molar-refractivity contribution in [1.29, 1.82) is 0 Å². The van der Waals surface area contributed by atoms with E-state index in [0.717, 1.165) is 4.57 Å². The van der Waals surface area contributed by atoms with E-state index >= 15 is 0 Å². The number of rotatable bonds is 4. The molecule has 9 heteroatoms. The molecule has 2 atom stereocenters. The third kappa shape index (κ3) is 3.31. The lowest BCUT2D eigenvalue weighted by Crippen LogP contribution is -2.48. The molecule has 0 N–H and O–H groups in total. The number of carbonyl (C=O) groups is 1. The Morgan fingerprint density at radius 3 is 2.50 bits per heavy atom. The number of imidazole rings is 1. The van der Waals surface area contributed by atoms with E-state index in [1.807, 2.05) is 18.7 Å². The average Bonchev–Trinajstić information content (AvgIpc) is 3.01. The summed E-state index contributed by atoms with van der Waals surface area (Å²) in [4.78, 5) is 42.8. The van der Waals surface area contributed by atoms with Gasteiger partial charge in [-0.3, -0.25) is 18.7 Å². The van der Waals surface area contributed by atoms with Gasteiger partial charge in [0.1, 0.15) is 0 Å². The Balaban J connectivity index is 1.70. The molecule has 9 nitrogen and oxygen atoms in total. The van der Waals surface area contributed by atoms with Crippen LogP contribution in [-0.4, -0.2) is 54.8 Å². The van der Waals surface area contributed by atoms with E-state index in [1.54, 1.807) is 17.9 Å². The molecule has 3 rings (SSSR count). The number of hydrogen-bond acceptors (Lipinski definition) is 5. The van der Waals surface area contributed by atoms with E-state index in [-0.39, 0.29) is 23.7 Å². The molecule has 2 aromatic heterocycles. The zero-order chi connectivity index (χ0) is 19.0. The van der Waals surface area contributed by atoms with E-state index < -0.39 is 5.69 Å². The number of nitrogens with zero attached hydrogens (tertiary/aromatic N) is 5. The lowest BCUT2D eigenvalue weighted by Gasteiger charge is -2.35. The topological polar surface area (TPSA) is 91.4 Å². The van der Waals surface area contributed by atoms with Crippen LogP contribution in [0.2, 0.25) is 0 Å². The Bertz CT molecular complexity index is 931. The largest absolute Gasteiger partial charge is 0.372 e. The van der Waals surface area contributed by atoms with Crippen molar-refractivity contribution in [3.05, 3.63) is 27.2 Å². The average molecular weight is 363 g/mol. The first-order valence-electron chi connectivity index (χ1n) is 8.83. The lowest BCUT2D eigenvalue weighted by atomic mass is 10.2. The highest BCUT2D eigenvalue weighted by atomic mass is 16.5. The maximum absolute atomic E-state index is 12.4. The van der Waals surface area contributed by atoms with Crippen LogP contribution in [0, 0.1) is 0 Å². The number of morpholine rings is 1. The molecule has 142 valence electrons. The Morgan fingerprint density at radius 1 is 1.19 bits per heavy atom. The standard InChI is InChI=1S/C17H25N5O4/c1-11-8-22(9-12(2)26-11)13(23)6-5-7-21-10-18-15-14(21)16(24)20(4)17(25)19(15)3/h10-12H,5-9H2,1-4H3/t11-,12-/m1/s1. The van der Waals surface area contributed by atoms with Crippen LogP contribution in [0.3, 0.4) is 0 Å². The predicted molar refractivity (Wildman–Crippen MR) is 96.0 cm³/mol. The van der Waals surface area contributed by atoms with E-state index in [4.69, 9.17) is 4.74 Å². The number of carbonyl (C=O) groups excluding carboxylic acids is 1. The second-order valence-electron chi connectivity index (χ2n) is 6.98. The van der Waals surface area contributed by atoms with Crippen molar-refractivity contribution in [3.63, 3.8) is 0 Å². The van der Waals surface area contributed by atoms with Crippen LogP contribution in [0.15, 0.2) is 15.9 Å². The number of fused-ring (bicyclic) bond motifs is 1. The molecule has 26 heavy (non-hydrogen) atoms. The normalized spacial score (nSPS) is 20.7. The molecule has 0 aromatic carbocycles. The zero-order valence-electron chi connectivity index (χ0n) is 15.6. The van der Waals surface area contributed by atoms with E-state index in [9.17, 15) is 14.4 Å². The van der Waals surface area contributed by atoms with Gasteiger partial charge in [0.2, 0.25) is 5.91 Å². The Kier molecular flexibility index (Phi) is 4.99. The van der Waals surface area contributed by atoms with Crippen LogP contribution in [-0.2, 0) is 30.2 Å². The van der Waals surface area contributed by atoms with Crippen molar-refractivity contribution >= 4 is 17.1 Å². The van der Waals surface area contributed by atoms with Crippen molar-refractivity contribution in [2.24, 2.45) is 14.1 Å². The summed E-state index contributed by atoms with van der Waals surface area (Å²) in [5.74, 6) is 0.0942. The summed E-state index contributed by atoms with van der Waals surface area (Å²) in [5, 5.41) is 0. The van der Waals surface area contributed by atoms with Gasteiger partial charge in [0, 0.05) is 40.2 Å². The molecule has 3 heterocycles. The van der Waals surface area contributed by atoms with Crippen LogP contribution in [0.1, 0.15) is 26.7 Å². The van der Waals surface area contributed by atoms with Crippen molar-refractivity contribution < 1.29 is 9.53 Å². The summed E-state index contributed by atoms with van der Waals surface area (Å²) in [7, 11) is 3.04. The van der Waals surface area contributed by atoms with Crippen LogP contribution in [0.5, 0.6) is 0 Å². The first-order chi connectivity index (χ1) is 12.3. The molecule has 1 saturated heterocycles. The molecular weight excluding hydrogens is 338 g/mol. The second kappa shape index (κ2) is 7.06. The molecule has 1 aliphatic heterocycles. The molecule has 0 radical (unpaired) electrons. The van der Waals surface area contributed by atoms with Crippen molar-refractivity contribution in [2.75, 3.05) is 13.1 Å². The van der Waals surface area contributed by atoms with Gasteiger partial charge in [0.15, 0.2) is 11.2 Å². The van der Waals surface area contributed by atoms with Gasteiger partial charge in [-0.2, -0.15) is 0 Å². The van der Waals surface area contributed by atoms with Crippen LogP contribution in [0.4, 0.5) is 0 Å². The number of amides is 1. The third-order valence-corrected chi connectivity index (χ3v) is 4.78.